The zero-order valence-corrected chi connectivity index (χ0v) is 19.7. The molecule has 1 aliphatic heterocycles. The first-order valence-electron chi connectivity index (χ1n) is 12.1. The largest absolute Gasteiger partial charge is 0.381 e. The summed E-state index contributed by atoms with van der Waals surface area (Å²) in [5.74, 6) is 0.694. The fraction of sp³-hybridized carbons (Fsp3) is 0.321. The molecule has 0 bridgehead atoms. The molecule has 1 fully saturated rings. The number of hydrogen-bond donors (Lipinski definition) is 1. The van der Waals surface area contributed by atoms with E-state index in [-0.39, 0.29) is 5.91 Å². The van der Waals surface area contributed by atoms with Crippen molar-refractivity contribution in [2.75, 3.05) is 18.4 Å². The van der Waals surface area contributed by atoms with E-state index < -0.39 is 0 Å². The minimum absolute atomic E-state index is 0.128. The van der Waals surface area contributed by atoms with Crippen molar-refractivity contribution in [2.45, 2.75) is 39.2 Å². The number of hydrogen-bond acceptors (Lipinski definition) is 4. The SMILES string of the molecule is Cc1ccc(C(=O)N2CCC[C@@H](Cc3cccn4ccnc34)CC2)cc1NCc1ccncc1. The summed E-state index contributed by atoms with van der Waals surface area (Å²) < 4.78 is 2.08. The van der Waals surface area contributed by atoms with Crippen molar-refractivity contribution in [3.8, 4) is 0 Å². The molecule has 0 unspecified atom stereocenters. The summed E-state index contributed by atoms with van der Waals surface area (Å²) in [5, 5.41) is 3.48. The molecule has 6 heteroatoms. The summed E-state index contributed by atoms with van der Waals surface area (Å²) in [6, 6.07) is 14.3. The maximum Gasteiger partial charge on any atom is 0.253 e. The molecule has 1 aromatic carbocycles. The van der Waals surface area contributed by atoms with Crippen molar-refractivity contribution < 1.29 is 4.79 Å². The van der Waals surface area contributed by atoms with E-state index in [9.17, 15) is 4.79 Å². The minimum Gasteiger partial charge on any atom is -0.381 e. The van der Waals surface area contributed by atoms with Crippen LogP contribution in [0.15, 0.2) is 73.4 Å². The number of aromatic nitrogens is 3. The second-order valence-electron chi connectivity index (χ2n) is 9.22. The molecular formula is C28H31N5O. The number of nitrogens with one attached hydrogen (secondary N) is 1. The number of carbonyl (C=O) groups is 1. The number of anilines is 1. The Morgan fingerprint density at radius 2 is 1.94 bits per heavy atom. The summed E-state index contributed by atoms with van der Waals surface area (Å²) in [5.41, 5.74) is 6.39. The fourth-order valence-corrected chi connectivity index (χ4v) is 4.88. The van der Waals surface area contributed by atoms with E-state index in [2.05, 4.69) is 38.7 Å². The minimum atomic E-state index is 0.128. The molecule has 1 N–H and O–H groups in total. The predicted molar refractivity (Wildman–Crippen MR) is 135 cm³/mol. The molecule has 3 aromatic heterocycles. The Labute approximate surface area is 200 Å². The van der Waals surface area contributed by atoms with Gasteiger partial charge in [0, 0.05) is 61.9 Å². The Bertz CT molecular complexity index is 1270. The van der Waals surface area contributed by atoms with Crippen molar-refractivity contribution >= 4 is 17.2 Å². The van der Waals surface area contributed by atoms with Gasteiger partial charge in [0.1, 0.15) is 5.65 Å². The number of pyridine rings is 2. The van der Waals surface area contributed by atoms with Crippen molar-refractivity contribution in [3.63, 3.8) is 0 Å². The molecule has 1 atom stereocenters. The molecule has 0 spiro atoms. The molecule has 4 aromatic rings. The van der Waals surface area contributed by atoms with Crippen molar-refractivity contribution in [1.82, 2.24) is 19.3 Å². The molecule has 34 heavy (non-hydrogen) atoms. The van der Waals surface area contributed by atoms with Crippen LogP contribution in [0.1, 0.15) is 46.3 Å². The molecule has 1 amide bonds. The summed E-state index contributed by atoms with van der Waals surface area (Å²) in [7, 11) is 0. The monoisotopic (exact) mass is 453 g/mol. The third-order valence-corrected chi connectivity index (χ3v) is 6.86. The van der Waals surface area contributed by atoms with Gasteiger partial charge in [-0.1, -0.05) is 12.1 Å². The standard InChI is InChI=1S/C28H31N5O/c1-21-6-7-25(19-26(21)31-20-23-8-11-29-12-9-23)28(34)33-15-2-4-22(10-16-33)18-24-5-3-14-32-17-13-30-27(24)32/h3,5-9,11-14,17,19,22,31H,2,4,10,15-16,18,20H2,1H3/t22-/m1/s1. The van der Waals surface area contributed by atoms with Crippen LogP contribution in [0.5, 0.6) is 0 Å². The summed E-state index contributed by atoms with van der Waals surface area (Å²) in [6.45, 7) is 4.39. The van der Waals surface area contributed by atoms with Crippen molar-refractivity contribution in [2.24, 2.45) is 5.92 Å². The summed E-state index contributed by atoms with van der Waals surface area (Å²) >= 11 is 0. The molecule has 5 rings (SSSR count). The molecule has 1 aliphatic rings. The van der Waals surface area contributed by atoms with Crippen molar-refractivity contribution in [3.05, 3.63) is 95.7 Å². The van der Waals surface area contributed by atoms with Gasteiger partial charge >= 0.3 is 0 Å². The van der Waals surface area contributed by atoms with Gasteiger partial charge in [0.05, 0.1) is 0 Å². The molecule has 0 saturated carbocycles. The number of likely N-dealkylation sites (tertiary alicyclic amines) is 1. The second-order valence-corrected chi connectivity index (χ2v) is 9.22. The zero-order valence-electron chi connectivity index (χ0n) is 19.7. The predicted octanol–water partition coefficient (Wildman–Crippen LogP) is 5.13. The third-order valence-electron chi connectivity index (χ3n) is 6.86. The van der Waals surface area contributed by atoms with E-state index in [1.165, 1.54) is 5.56 Å². The first kappa shape index (κ1) is 22.1. The van der Waals surface area contributed by atoms with Crippen LogP contribution in [0.3, 0.4) is 0 Å². The molecule has 0 radical (unpaired) electrons. The lowest BCUT2D eigenvalue weighted by Crippen LogP contribution is -2.32. The smallest absolute Gasteiger partial charge is 0.253 e. The van der Waals surface area contributed by atoms with Gasteiger partial charge < -0.3 is 14.6 Å². The average Bonchev–Trinajstić information content (AvgIpc) is 3.24. The zero-order chi connectivity index (χ0) is 23.3. The number of benzene rings is 1. The topological polar surface area (TPSA) is 62.5 Å². The van der Waals surface area contributed by atoms with Crippen LogP contribution >= 0.6 is 0 Å². The van der Waals surface area contributed by atoms with Crippen LogP contribution in [0, 0.1) is 12.8 Å². The Morgan fingerprint density at radius 1 is 1.06 bits per heavy atom. The first-order chi connectivity index (χ1) is 16.7. The van der Waals surface area contributed by atoms with Crippen LogP contribution < -0.4 is 5.32 Å². The lowest BCUT2D eigenvalue weighted by Gasteiger charge is -2.22. The number of aryl methyl sites for hydroxylation is 1. The Hall–Kier alpha value is -3.67. The highest BCUT2D eigenvalue weighted by atomic mass is 16.2. The van der Waals surface area contributed by atoms with Gasteiger partial charge in [0.2, 0.25) is 0 Å². The average molecular weight is 454 g/mol. The van der Waals surface area contributed by atoms with Crippen LogP contribution in [0.4, 0.5) is 5.69 Å². The van der Waals surface area contributed by atoms with Crippen LogP contribution in [0.25, 0.3) is 5.65 Å². The Balaban J connectivity index is 1.23. The number of nitrogens with zero attached hydrogens (tertiary/aromatic N) is 4. The molecule has 0 aliphatic carbocycles. The van der Waals surface area contributed by atoms with Gasteiger partial charge in [-0.2, -0.15) is 0 Å². The number of amides is 1. The van der Waals surface area contributed by atoms with E-state index >= 15 is 0 Å². The van der Waals surface area contributed by atoms with Gasteiger partial charge in [0.25, 0.3) is 5.91 Å². The normalized spacial score (nSPS) is 16.4. The van der Waals surface area contributed by atoms with Crippen LogP contribution in [-0.4, -0.2) is 38.3 Å². The van der Waals surface area contributed by atoms with E-state index in [0.29, 0.717) is 12.5 Å². The highest BCUT2D eigenvalue weighted by Gasteiger charge is 2.23. The molecule has 1 saturated heterocycles. The van der Waals surface area contributed by atoms with E-state index in [1.54, 1.807) is 12.4 Å². The van der Waals surface area contributed by atoms with E-state index in [4.69, 9.17) is 0 Å². The van der Waals surface area contributed by atoms with Crippen LogP contribution in [0.2, 0.25) is 0 Å². The lowest BCUT2D eigenvalue weighted by molar-refractivity contribution is 0.0760. The third kappa shape index (κ3) is 4.96. The van der Waals surface area contributed by atoms with Gasteiger partial charge in [0.15, 0.2) is 0 Å². The van der Waals surface area contributed by atoms with Gasteiger partial charge in [-0.25, -0.2) is 4.98 Å². The summed E-state index contributed by atoms with van der Waals surface area (Å²) in [4.78, 5) is 24.0. The highest BCUT2D eigenvalue weighted by Crippen LogP contribution is 2.25. The van der Waals surface area contributed by atoms with Crippen LogP contribution in [-0.2, 0) is 13.0 Å². The lowest BCUT2D eigenvalue weighted by atomic mass is 9.93. The molecule has 4 heterocycles. The van der Waals surface area contributed by atoms with Gasteiger partial charge in [-0.3, -0.25) is 9.78 Å². The quantitative estimate of drug-likeness (QED) is 0.439. The Kier molecular flexibility index (Phi) is 6.56. The first-order valence-corrected chi connectivity index (χ1v) is 12.1. The molecular weight excluding hydrogens is 422 g/mol. The van der Waals surface area contributed by atoms with E-state index in [1.807, 2.05) is 53.8 Å². The van der Waals surface area contributed by atoms with Gasteiger partial charge in [-0.15, -0.1) is 0 Å². The van der Waals surface area contributed by atoms with E-state index in [0.717, 1.165) is 66.8 Å². The van der Waals surface area contributed by atoms with Crippen molar-refractivity contribution in [1.29, 1.82) is 0 Å². The second kappa shape index (κ2) is 10.1. The fourth-order valence-electron chi connectivity index (χ4n) is 4.88. The summed E-state index contributed by atoms with van der Waals surface area (Å²) in [6.07, 6.45) is 13.7. The van der Waals surface area contributed by atoms with Gasteiger partial charge in [-0.05, 0) is 85.5 Å². The number of fused-ring (bicyclic) bond motifs is 1. The molecule has 6 nitrogen and oxygen atoms in total. The number of imidazole rings is 1. The Morgan fingerprint density at radius 3 is 2.82 bits per heavy atom. The maximum atomic E-state index is 13.4. The number of carbonyl (C=O) groups excluding carboxylic acids is 1. The highest BCUT2D eigenvalue weighted by molar-refractivity contribution is 5.95. The molecule has 174 valence electrons. The number of rotatable bonds is 6. The maximum absolute atomic E-state index is 13.4.